The van der Waals surface area contributed by atoms with Crippen molar-refractivity contribution in [2.75, 3.05) is 12.0 Å². The van der Waals surface area contributed by atoms with Crippen molar-refractivity contribution in [1.29, 1.82) is 5.39 Å². The number of para-hydroxylation sites is 3. The van der Waals surface area contributed by atoms with Gasteiger partial charge >= 0.3 is 21.9 Å². The molecule has 0 aliphatic heterocycles. The second kappa shape index (κ2) is 31.1. The van der Waals surface area contributed by atoms with E-state index in [-0.39, 0.29) is 11.5 Å². The van der Waals surface area contributed by atoms with Gasteiger partial charge in [0.1, 0.15) is 17.5 Å². The van der Waals surface area contributed by atoms with Gasteiger partial charge in [0, 0.05) is 35.0 Å². The lowest BCUT2D eigenvalue weighted by molar-refractivity contribution is -0.591. The zero-order valence-electron chi connectivity index (χ0n) is 42.7. The van der Waals surface area contributed by atoms with Gasteiger partial charge < -0.3 is 5.73 Å². The Hall–Kier alpha value is -10.1. The van der Waals surface area contributed by atoms with Crippen LogP contribution in [0.15, 0.2) is 126 Å². The largest absolute Gasteiger partial charge is 0.460 e. The molecule has 0 aliphatic rings. The number of azo groups is 1. The monoisotopic (exact) mass is 1120 g/mol. The van der Waals surface area contributed by atoms with E-state index in [9.17, 15) is 8.42 Å². The van der Waals surface area contributed by atoms with E-state index in [1.165, 1.54) is 23.3 Å². The third kappa shape index (κ3) is 17.2. The van der Waals surface area contributed by atoms with Crippen LogP contribution in [0.25, 0.3) is 47.9 Å². The Bertz CT molecular complexity index is 3800. The van der Waals surface area contributed by atoms with Crippen LogP contribution in [0.4, 0.5) is 40.2 Å². The van der Waals surface area contributed by atoms with Crippen LogP contribution in [-0.2, 0) is 29.1 Å². The molecule has 0 radical (unpaired) electrons. The Labute approximate surface area is 453 Å². The van der Waals surface area contributed by atoms with Crippen molar-refractivity contribution in [3.05, 3.63) is 178 Å². The first kappa shape index (κ1) is 61.5. The number of fused-ring (bicyclic) bond motifs is 2. The molecule has 0 fully saturated rings. The second-order valence-electron chi connectivity index (χ2n) is 14.4. The number of hydrogen-bond donors (Lipinski definition) is 7. The van der Waals surface area contributed by atoms with Crippen LogP contribution >= 0.6 is 12.0 Å². The number of H-pyrrole nitrogens is 2. The van der Waals surface area contributed by atoms with Gasteiger partial charge in [0.05, 0.1) is 60.8 Å². The molecule has 10 aromatic rings. The van der Waals surface area contributed by atoms with Crippen LogP contribution < -0.4 is 11.4 Å². The molecule has 79 heavy (non-hydrogen) atoms. The van der Waals surface area contributed by atoms with Crippen molar-refractivity contribution in [2.24, 2.45) is 10.2 Å². The van der Waals surface area contributed by atoms with Crippen LogP contribution in [0, 0.1) is 52.8 Å². The first-order valence-electron chi connectivity index (χ1n) is 22.2. The fourth-order valence-corrected chi connectivity index (χ4v) is 6.27. The molecule has 0 spiro atoms. The quantitative estimate of drug-likeness (QED) is 0.00978. The van der Waals surface area contributed by atoms with Gasteiger partial charge in [0.25, 0.3) is 5.69 Å². The van der Waals surface area contributed by atoms with Gasteiger partial charge in [-0.3, -0.25) is 20.0 Å². The van der Waals surface area contributed by atoms with E-state index < -0.39 is 10.4 Å². The van der Waals surface area contributed by atoms with Gasteiger partial charge in [-0.1, -0.05) is 83.9 Å². The van der Waals surface area contributed by atoms with Gasteiger partial charge in [-0.25, -0.2) is 38.2 Å². The van der Waals surface area contributed by atoms with Crippen molar-refractivity contribution in [3.63, 3.8) is 0 Å². The second-order valence-corrected chi connectivity index (χ2v) is 15.8. The highest BCUT2D eigenvalue weighted by atomic mass is 32.3. The summed E-state index contributed by atoms with van der Waals surface area (Å²) in [4.78, 5) is 13.0. The van der Waals surface area contributed by atoms with E-state index in [1.54, 1.807) is 20.1 Å². The molecule has 7 aromatic heterocycles. The van der Waals surface area contributed by atoms with E-state index in [2.05, 4.69) is 94.3 Å². The highest BCUT2D eigenvalue weighted by Gasteiger charge is 2.24. The smallest absolute Gasteiger partial charge is 0.392 e. The van der Waals surface area contributed by atoms with Crippen molar-refractivity contribution in [2.45, 2.75) is 41.5 Å². The fourth-order valence-electron chi connectivity index (χ4n) is 6.09. The van der Waals surface area contributed by atoms with Gasteiger partial charge in [-0.05, 0) is 74.2 Å². The van der Waals surface area contributed by atoms with Crippen molar-refractivity contribution in [1.82, 2.24) is 74.6 Å². The van der Waals surface area contributed by atoms with Crippen LogP contribution in [0.1, 0.15) is 36.9 Å². The molecule has 10 rings (SSSR count). The number of nitrogens with zero attached hydrogens (tertiary/aromatic N) is 19. The maximum absolute atomic E-state index is 9.34. The molecule has 0 amide bonds. The summed E-state index contributed by atoms with van der Waals surface area (Å²) < 4.78 is 41.4. The highest BCUT2D eigenvalue weighted by Crippen LogP contribution is 2.34. The molecule has 7 heterocycles. The molecule has 34 heteroatoms. The fraction of sp³-hybridized carbons (Fsp3) is 0.156. The van der Waals surface area contributed by atoms with Gasteiger partial charge in [0.2, 0.25) is 11.3 Å². The number of anilines is 1. The summed E-state index contributed by atoms with van der Waals surface area (Å²) in [5, 5.41) is 73.1. The number of aryl methyl sites for hydroxylation is 4. The predicted molar refractivity (Wildman–Crippen MR) is 285 cm³/mol. The van der Waals surface area contributed by atoms with E-state index >= 15 is 0 Å². The van der Waals surface area contributed by atoms with E-state index in [4.69, 9.17) is 45.9 Å². The van der Waals surface area contributed by atoms with Gasteiger partial charge in [0.15, 0.2) is 22.8 Å². The average Bonchev–Trinajstić information content (AvgIpc) is 4.49. The van der Waals surface area contributed by atoms with Crippen molar-refractivity contribution < 1.29 is 42.1 Å². The number of nitrogens with one attached hydrogen (secondary N) is 3. The zero-order valence-corrected chi connectivity index (χ0v) is 44.3. The van der Waals surface area contributed by atoms with E-state index in [1.807, 2.05) is 143 Å². The summed E-state index contributed by atoms with van der Waals surface area (Å²) >= 11 is 0.919. The van der Waals surface area contributed by atoms with Crippen LogP contribution in [0.3, 0.4) is 0 Å². The number of diazo groups is 1. The molecule has 0 bridgehead atoms. The van der Waals surface area contributed by atoms with Crippen LogP contribution in [0.5, 0.6) is 0 Å². The number of aromatic nitrogens is 14. The molecule has 0 aliphatic carbocycles. The Balaban J connectivity index is 0.000000217. The minimum atomic E-state index is -4.54. The number of nitrogens with two attached hydrogens (primary N) is 1. The van der Waals surface area contributed by atoms with Crippen molar-refractivity contribution >= 4 is 73.9 Å². The summed E-state index contributed by atoms with van der Waals surface area (Å²) in [6, 6.07) is 30.1. The number of nitrogen functional groups attached to an aromatic ring is 1. The minimum absolute atomic E-state index is 0.149. The molecule has 3 aromatic carbocycles. The maximum Gasteiger partial charge on any atom is 0.460 e. The van der Waals surface area contributed by atoms with Crippen LogP contribution in [-0.4, -0.2) is 98.7 Å². The number of rotatable bonds is 10. The standard InChI is InChI=1S/C16H13N9.C10H6N5.C10H8N4.C6H8N4.C2H6.CH4O4S.H3NO5S/c1-10-14(16-22-19-11(2)24(16)23-10)20-21-15-13(17-3)9-18-25(15)12-7-5-4-6-8-12;1-12-9-7-13-15(10(9)14-11)8-5-3-2-4-6-8;1-12-9-7-13-14(10(9)11)8-5-3-2-4-6-8;1-4-3-6-8-7-5(2)10(6)9-4;1-2;1-6-5-4-3-2;2-1-6-7(3,4)5/h4-9,23H,1-2H3;2-7H;2-7H,11H2;3,9H,1-2H3;1-2H3;2H,1H3;1-2H,(H,3,4,5)/q;+1;;;;;. The molecular weight excluding hydrogens is 1070 g/mol. The predicted octanol–water partition coefficient (Wildman–Crippen LogP) is 9.76. The van der Waals surface area contributed by atoms with Crippen molar-refractivity contribution in [3.8, 4) is 17.1 Å². The van der Waals surface area contributed by atoms with E-state index in [0.29, 0.717) is 34.3 Å². The van der Waals surface area contributed by atoms with Gasteiger partial charge in [-0.15, -0.1) is 39.2 Å². The molecule has 0 saturated heterocycles. The summed E-state index contributed by atoms with van der Waals surface area (Å²) in [7, 11) is -4.54. The molecule has 408 valence electrons. The lowest BCUT2D eigenvalue weighted by Crippen LogP contribution is -2.14. The molecule has 32 nitrogen and oxygen atoms in total. The normalized spacial score (nSPS) is 10.3. The van der Waals surface area contributed by atoms with Gasteiger partial charge in [-0.2, -0.15) is 18.6 Å². The Morgan fingerprint density at radius 2 is 1.23 bits per heavy atom. The average molecular weight is 1120 g/mol. The lowest BCUT2D eigenvalue weighted by Gasteiger charge is -2.03. The molecule has 0 atom stereocenters. The first-order chi connectivity index (χ1) is 38.1. The SMILES string of the molecule is CC.CSOOOO.Cc1cc2nnc(C)n2[nH]1.O=S(=O)(O)ONO.[C-]#[N+]c1cnn(-c2ccccc2)c1N.[C-]#[N+]c1cnn(-c2ccccc2)c1N=Nc1c(C)[nH]n2c(C)nnc12.[C-]#[N+]c1cnn(-c2ccccc2)c1[N+]#N. The highest BCUT2D eigenvalue weighted by molar-refractivity contribution is 7.93. The first-order valence-corrected chi connectivity index (χ1v) is 24.7. The lowest BCUT2D eigenvalue weighted by atomic mass is 10.3. The molecular formula is C45H48N23O9S2+. The minimum Gasteiger partial charge on any atom is -0.392 e. The molecule has 8 N–H and O–H groups in total. The number of benzene rings is 3. The summed E-state index contributed by atoms with van der Waals surface area (Å²) in [5.74, 6) is 2.53. The zero-order chi connectivity index (χ0) is 57.9. The third-order valence-corrected chi connectivity index (χ3v) is 9.84. The summed E-state index contributed by atoms with van der Waals surface area (Å²) in [6.45, 7) is 32.7. The number of aromatic amines is 2. The summed E-state index contributed by atoms with van der Waals surface area (Å²) in [6.07, 6.45) is 5.93. The molecule has 0 saturated carbocycles. The Kier molecular flexibility index (Phi) is 24.2. The van der Waals surface area contributed by atoms with E-state index in [0.717, 1.165) is 63.4 Å². The maximum atomic E-state index is 9.34. The van der Waals surface area contributed by atoms with Crippen LogP contribution in [0.2, 0.25) is 0 Å². The third-order valence-electron chi connectivity index (χ3n) is 9.36. The summed E-state index contributed by atoms with van der Waals surface area (Å²) in [5.41, 5.74) is 13.8. The topological polar surface area (TPSA) is 381 Å². The Morgan fingerprint density at radius 1 is 0.722 bits per heavy atom. The number of hydrogen-bond acceptors (Lipinski definition) is 21. The Morgan fingerprint density at radius 3 is 1.71 bits per heavy atom. The molecule has 0 unspecified atom stereocenters.